The summed E-state index contributed by atoms with van der Waals surface area (Å²) in [5, 5.41) is 18.6. The van der Waals surface area contributed by atoms with Crippen LogP contribution in [0.2, 0.25) is 0 Å². The number of amides is 3. The number of rotatable bonds is 12. The number of urea groups is 1. The highest BCUT2D eigenvalue weighted by molar-refractivity contribution is 6.06. The molecule has 19 heteroatoms. The minimum absolute atomic E-state index is 0.122. The summed E-state index contributed by atoms with van der Waals surface area (Å²) in [5.74, 6) is -2.18. The molecule has 1 aromatic carbocycles. The summed E-state index contributed by atoms with van der Waals surface area (Å²) >= 11 is 0. The third-order valence-corrected chi connectivity index (χ3v) is 9.27. The first-order valence-corrected chi connectivity index (χ1v) is 16.8. The number of piperidine rings is 1. The van der Waals surface area contributed by atoms with Crippen molar-refractivity contribution >= 4 is 41.4 Å². The van der Waals surface area contributed by atoms with Gasteiger partial charge in [0.05, 0.1) is 47.0 Å². The van der Waals surface area contributed by atoms with Gasteiger partial charge >= 0.3 is 11.9 Å². The van der Waals surface area contributed by atoms with Gasteiger partial charge in [-0.2, -0.15) is 10.1 Å². The summed E-state index contributed by atoms with van der Waals surface area (Å²) in [6.07, 6.45) is 9.10. The van der Waals surface area contributed by atoms with E-state index in [9.17, 15) is 19.7 Å². The van der Waals surface area contributed by atoms with Crippen LogP contribution < -0.4 is 24.6 Å². The standard InChI is InChI=1S/C34H40F2N11O6/c1-42-13-11-26(41-42)39-33-38-18-22-19-44(30-28(35)24(52-4)17-25(53-5)29(30)36)34(49)45(32(22)40-33)23-9-14-43(15-10-23)27(48)7-6-16-47(2,3)20-21-8-12-37-31(21)46(50)51/h6-7,11-13,17-18,23H,8-10,14-16,19-20H2,1-5H3,(H,38,39,40,41)/q+1/b7-6+. The summed E-state index contributed by atoms with van der Waals surface area (Å²) < 4.78 is 43.8. The molecule has 0 bridgehead atoms. The predicted octanol–water partition coefficient (Wildman–Crippen LogP) is 3.78. The summed E-state index contributed by atoms with van der Waals surface area (Å²) in [6.45, 7) is 1.19. The molecule has 3 aromatic rings. The molecular weight excluding hydrogens is 696 g/mol. The Bertz CT molecular complexity index is 1990. The molecule has 0 saturated carbocycles. The number of aryl methyl sites for hydroxylation is 1. The number of aromatic nitrogens is 4. The van der Waals surface area contributed by atoms with Crippen LogP contribution in [0, 0.1) is 21.7 Å². The van der Waals surface area contributed by atoms with Crippen LogP contribution in [0.5, 0.6) is 11.5 Å². The van der Waals surface area contributed by atoms with Crippen LogP contribution in [0.3, 0.4) is 0 Å². The Hall–Kier alpha value is -5.98. The van der Waals surface area contributed by atoms with Gasteiger partial charge in [-0.25, -0.2) is 18.6 Å². The summed E-state index contributed by atoms with van der Waals surface area (Å²) in [5.41, 5.74) is 0.433. The lowest BCUT2D eigenvalue weighted by molar-refractivity contribution is -0.880. The molecule has 17 nitrogen and oxygen atoms in total. The smallest absolute Gasteiger partial charge is 0.368 e. The highest BCUT2D eigenvalue weighted by Crippen LogP contribution is 2.41. The maximum Gasteiger partial charge on any atom is 0.368 e. The van der Waals surface area contributed by atoms with Crippen molar-refractivity contribution in [2.45, 2.75) is 31.8 Å². The zero-order valence-corrected chi connectivity index (χ0v) is 30.0. The van der Waals surface area contributed by atoms with Gasteiger partial charge in [0, 0.05) is 68.8 Å². The van der Waals surface area contributed by atoms with Crippen LogP contribution in [0.1, 0.15) is 24.8 Å². The van der Waals surface area contributed by atoms with Crippen molar-refractivity contribution in [1.29, 1.82) is 0 Å². The van der Waals surface area contributed by atoms with Crippen molar-refractivity contribution in [1.82, 2.24) is 24.6 Å². The summed E-state index contributed by atoms with van der Waals surface area (Å²) in [6, 6.07) is 1.58. The molecule has 280 valence electrons. The van der Waals surface area contributed by atoms with Crippen molar-refractivity contribution < 1.29 is 37.2 Å². The van der Waals surface area contributed by atoms with Gasteiger partial charge in [0.15, 0.2) is 29.0 Å². The number of likely N-dealkylation sites (tertiary alicyclic amines) is 1. The number of carbonyl (C=O) groups is 2. The van der Waals surface area contributed by atoms with Crippen LogP contribution in [-0.2, 0) is 18.4 Å². The number of benzene rings is 1. The van der Waals surface area contributed by atoms with Crippen molar-refractivity contribution in [3.63, 3.8) is 0 Å². The van der Waals surface area contributed by atoms with Gasteiger partial charge in [-0.05, 0) is 23.8 Å². The predicted molar refractivity (Wildman–Crippen MR) is 190 cm³/mol. The van der Waals surface area contributed by atoms with E-state index in [0.29, 0.717) is 66.9 Å². The third kappa shape index (κ3) is 7.64. The number of quaternary nitrogens is 1. The Morgan fingerprint density at radius 3 is 2.49 bits per heavy atom. The van der Waals surface area contributed by atoms with E-state index in [1.54, 1.807) is 35.0 Å². The molecule has 1 saturated heterocycles. The molecule has 0 spiro atoms. The number of ether oxygens (including phenoxy) is 2. The molecule has 3 aliphatic rings. The first kappa shape index (κ1) is 36.8. The molecule has 0 radical (unpaired) electrons. The molecule has 0 unspecified atom stereocenters. The van der Waals surface area contributed by atoms with Crippen LogP contribution >= 0.6 is 0 Å². The molecule has 1 N–H and O–H groups in total. The number of methoxy groups -OCH3 is 2. The molecule has 53 heavy (non-hydrogen) atoms. The number of likely N-dealkylation sites (N-methyl/N-ethyl adjacent to an activating group) is 1. The molecule has 6 rings (SSSR count). The molecule has 1 fully saturated rings. The number of nitrogens with one attached hydrogen (secondary N) is 1. The van der Waals surface area contributed by atoms with E-state index in [4.69, 9.17) is 9.47 Å². The number of hydrogen-bond donors (Lipinski definition) is 1. The van der Waals surface area contributed by atoms with E-state index < -0.39 is 34.3 Å². The van der Waals surface area contributed by atoms with Crippen molar-refractivity contribution in [2.75, 3.05) is 69.6 Å². The average molecular weight is 737 g/mol. The monoisotopic (exact) mass is 736 g/mol. The summed E-state index contributed by atoms with van der Waals surface area (Å²) in [7, 11) is 8.05. The van der Waals surface area contributed by atoms with Crippen LogP contribution in [0.15, 0.2) is 53.1 Å². The maximum atomic E-state index is 15.8. The number of anilines is 4. The minimum atomic E-state index is -1.07. The van der Waals surface area contributed by atoms with E-state index in [1.807, 2.05) is 14.1 Å². The minimum Gasteiger partial charge on any atom is -0.493 e. The SMILES string of the molecule is COc1cc(OC)c(F)c(N2Cc3cnc(Nc4ccn(C)n4)nc3N(C3CCN(C(=O)/C=C/C[N+](C)(C)CC4=C([N+](=O)[O-])N=CC4)CC3)C2=O)c1F. The topological polar surface area (TPSA) is 173 Å². The highest BCUT2D eigenvalue weighted by Gasteiger charge is 2.42. The van der Waals surface area contributed by atoms with Crippen LogP contribution in [0.4, 0.5) is 36.8 Å². The van der Waals surface area contributed by atoms with E-state index in [-0.39, 0.29) is 41.5 Å². The van der Waals surface area contributed by atoms with E-state index in [0.717, 1.165) is 11.0 Å². The first-order chi connectivity index (χ1) is 25.3. The average Bonchev–Trinajstić information content (AvgIpc) is 3.76. The van der Waals surface area contributed by atoms with Gasteiger partial charge in [0.1, 0.15) is 24.3 Å². The fourth-order valence-corrected chi connectivity index (χ4v) is 6.65. The molecule has 5 heterocycles. The van der Waals surface area contributed by atoms with Gasteiger partial charge < -0.3 is 34.3 Å². The Morgan fingerprint density at radius 2 is 1.87 bits per heavy atom. The lowest BCUT2D eigenvalue weighted by Crippen LogP contribution is -2.56. The third-order valence-electron chi connectivity index (χ3n) is 9.27. The zero-order valence-electron chi connectivity index (χ0n) is 30.0. The normalized spacial score (nSPS) is 16.5. The number of nitrogens with zero attached hydrogens (tertiary/aromatic N) is 10. The van der Waals surface area contributed by atoms with E-state index in [2.05, 4.69) is 25.4 Å². The molecule has 3 aliphatic heterocycles. The van der Waals surface area contributed by atoms with Gasteiger partial charge in [-0.3, -0.25) is 19.3 Å². The van der Waals surface area contributed by atoms with Gasteiger partial charge in [-0.1, -0.05) is 4.99 Å². The van der Waals surface area contributed by atoms with E-state index in [1.165, 1.54) is 37.6 Å². The first-order valence-electron chi connectivity index (χ1n) is 16.8. The highest BCUT2D eigenvalue weighted by atomic mass is 19.1. The zero-order chi connectivity index (χ0) is 38.0. The van der Waals surface area contributed by atoms with Crippen molar-refractivity contribution in [2.24, 2.45) is 12.0 Å². The lowest BCUT2D eigenvalue weighted by atomic mass is 10.0. The summed E-state index contributed by atoms with van der Waals surface area (Å²) in [4.78, 5) is 55.5. The Balaban J connectivity index is 1.22. The van der Waals surface area contributed by atoms with Crippen LogP contribution in [0.25, 0.3) is 0 Å². The second-order valence-electron chi connectivity index (χ2n) is 13.5. The lowest BCUT2D eigenvalue weighted by Gasteiger charge is -2.43. The van der Waals surface area contributed by atoms with Gasteiger partial charge in [-0.15, -0.1) is 0 Å². The Morgan fingerprint density at radius 1 is 1.17 bits per heavy atom. The fraction of sp³-hybridized carbons (Fsp3) is 0.412. The van der Waals surface area contributed by atoms with Crippen LogP contribution in [-0.4, -0.2) is 113 Å². The number of fused-ring (bicyclic) bond motifs is 1. The second-order valence-corrected chi connectivity index (χ2v) is 13.5. The van der Waals surface area contributed by atoms with Crippen molar-refractivity contribution in [3.05, 3.63) is 75.4 Å². The number of nitro groups is 1. The van der Waals surface area contributed by atoms with Gasteiger partial charge in [0.25, 0.3) is 0 Å². The quantitative estimate of drug-likeness (QED) is 0.125. The number of aliphatic imine (C=N–C) groups is 1. The van der Waals surface area contributed by atoms with Crippen molar-refractivity contribution in [3.8, 4) is 11.5 Å². The Kier molecular flexibility index (Phi) is 10.4. The molecular formula is C34H40F2N11O6+. The molecule has 3 amide bonds. The largest absolute Gasteiger partial charge is 0.493 e. The number of halogens is 2. The molecule has 2 aromatic heterocycles. The second kappa shape index (κ2) is 14.9. The van der Waals surface area contributed by atoms with E-state index >= 15 is 8.78 Å². The number of carbonyl (C=O) groups excluding carboxylic acids is 2. The van der Waals surface area contributed by atoms with Gasteiger partial charge in [0.2, 0.25) is 11.9 Å². The molecule has 0 aliphatic carbocycles. The fourth-order valence-electron chi connectivity index (χ4n) is 6.65. The Labute approximate surface area is 303 Å². The number of hydrogen-bond acceptors (Lipinski definition) is 11. The maximum absolute atomic E-state index is 15.8. The molecule has 0 atom stereocenters.